The van der Waals surface area contributed by atoms with Crippen LogP contribution in [0.5, 0.6) is 0 Å². The second kappa shape index (κ2) is 5.77. The fraction of sp³-hybridized carbons (Fsp3) is 0.176. The van der Waals surface area contributed by atoms with Gasteiger partial charge in [-0.1, -0.05) is 23.4 Å². The molecule has 0 spiro atoms. The maximum absolute atomic E-state index is 12.6. The van der Waals surface area contributed by atoms with Crippen LogP contribution < -0.4 is 4.90 Å². The number of carbonyl (C=O) groups is 1. The number of nitrogens with zero attached hydrogens (tertiary/aromatic N) is 2. The van der Waals surface area contributed by atoms with Crippen molar-refractivity contribution in [3.05, 3.63) is 58.8 Å². The summed E-state index contributed by atoms with van der Waals surface area (Å²) in [5.41, 5.74) is 2.70. The Kier molecular flexibility index (Phi) is 3.81. The first kappa shape index (κ1) is 14.5. The van der Waals surface area contributed by atoms with Crippen molar-refractivity contribution in [1.29, 1.82) is 0 Å². The van der Waals surface area contributed by atoms with E-state index < -0.39 is 0 Å². The van der Waals surface area contributed by atoms with E-state index in [4.69, 9.17) is 4.52 Å². The van der Waals surface area contributed by atoms with Gasteiger partial charge < -0.3 is 9.42 Å². The van der Waals surface area contributed by atoms with Gasteiger partial charge in [-0.3, -0.25) is 4.79 Å². The maximum Gasteiger partial charge on any atom is 0.268 e. The van der Waals surface area contributed by atoms with Gasteiger partial charge in [0.25, 0.3) is 5.91 Å². The highest BCUT2D eigenvalue weighted by molar-refractivity contribution is 7.17. The molecule has 2 heterocycles. The van der Waals surface area contributed by atoms with Crippen LogP contribution in [0.2, 0.25) is 0 Å². The van der Waals surface area contributed by atoms with E-state index in [0.717, 1.165) is 27.6 Å². The van der Waals surface area contributed by atoms with Crippen LogP contribution in [0.3, 0.4) is 0 Å². The van der Waals surface area contributed by atoms with E-state index in [1.165, 1.54) is 11.3 Å². The highest BCUT2D eigenvalue weighted by Gasteiger charge is 2.19. The second-order valence-corrected chi connectivity index (χ2v) is 6.15. The van der Waals surface area contributed by atoms with Crippen LogP contribution in [0.25, 0.3) is 10.4 Å². The molecule has 3 rings (SSSR count). The lowest BCUT2D eigenvalue weighted by molar-refractivity contribution is 0.0997. The van der Waals surface area contributed by atoms with Gasteiger partial charge in [0, 0.05) is 17.6 Å². The molecule has 0 fully saturated rings. The summed E-state index contributed by atoms with van der Waals surface area (Å²) >= 11 is 1.46. The van der Waals surface area contributed by atoms with Gasteiger partial charge >= 0.3 is 0 Å². The largest absolute Gasteiger partial charge is 0.361 e. The van der Waals surface area contributed by atoms with E-state index in [1.54, 1.807) is 11.9 Å². The average Bonchev–Trinajstić information content (AvgIpc) is 3.13. The van der Waals surface area contributed by atoms with Crippen molar-refractivity contribution in [2.75, 3.05) is 11.9 Å². The van der Waals surface area contributed by atoms with Gasteiger partial charge in [0.2, 0.25) is 0 Å². The minimum absolute atomic E-state index is 0.0192. The van der Waals surface area contributed by atoms with Crippen LogP contribution in [0.15, 0.2) is 47.0 Å². The molecule has 0 atom stereocenters. The molecule has 0 aliphatic carbocycles. The van der Waals surface area contributed by atoms with Crippen LogP contribution in [0.1, 0.15) is 21.1 Å². The number of aromatic nitrogens is 1. The molecule has 0 aliphatic heterocycles. The van der Waals surface area contributed by atoms with Crippen LogP contribution in [-0.2, 0) is 0 Å². The molecule has 1 amide bonds. The summed E-state index contributed by atoms with van der Waals surface area (Å²) in [5, 5.41) is 3.97. The predicted molar refractivity (Wildman–Crippen MR) is 88.5 cm³/mol. The number of aryl methyl sites for hydroxylation is 2. The first-order chi connectivity index (χ1) is 10.6. The van der Waals surface area contributed by atoms with Gasteiger partial charge in [0.05, 0.1) is 16.1 Å². The first-order valence-electron chi connectivity index (χ1n) is 6.94. The third-order valence-electron chi connectivity index (χ3n) is 3.54. The van der Waals surface area contributed by atoms with Crippen molar-refractivity contribution >= 4 is 22.9 Å². The Hall–Kier alpha value is -2.40. The average molecular weight is 312 g/mol. The summed E-state index contributed by atoms with van der Waals surface area (Å²) in [6.07, 6.45) is 0. The molecular weight excluding hydrogens is 296 g/mol. The van der Waals surface area contributed by atoms with E-state index >= 15 is 0 Å². The Morgan fingerprint density at radius 2 is 1.86 bits per heavy atom. The normalized spacial score (nSPS) is 10.7. The summed E-state index contributed by atoms with van der Waals surface area (Å²) in [4.78, 5) is 15.9. The molecule has 0 radical (unpaired) electrons. The summed E-state index contributed by atoms with van der Waals surface area (Å²) in [6.45, 7) is 3.79. The fourth-order valence-electron chi connectivity index (χ4n) is 2.36. The first-order valence-corrected chi connectivity index (χ1v) is 7.75. The molecule has 3 aromatic rings. The Labute approximate surface area is 133 Å². The predicted octanol–water partition coefficient (Wildman–Crippen LogP) is 4.30. The Balaban J connectivity index is 1.89. The zero-order valence-corrected chi connectivity index (χ0v) is 13.5. The quantitative estimate of drug-likeness (QED) is 0.724. The van der Waals surface area contributed by atoms with Gasteiger partial charge in [-0.05, 0) is 38.1 Å². The molecule has 0 saturated heterocycles. The Morgan fingerprint density at radius 1 is 1.14 bits per heavy atom. The zero-order chi connectivity index (χ0) is 15.7. The van der Waals surface area contributed by atoms with Crippen LogP contribution in [0, 0.1) is 13.8 Å². The van der Waals surface area contributed by atoms with Gasteiger partial charge in [-0.15, -0.1) is 11.3 Å². The number of amides is 1. The van der Waals surface area contributed by atoms with Crippen molar-refractivity contribution < 1.29 is 9.32 Å². The van der Waals surface area contributed by atoms with E-state index in [1.807, 2.05) is 56.3 Å². The second-order valence-electron chi connectivity index (χ2n) is 5.06. The number of hydrogen-bond donors (Lipinski definition) is 0. The molecule has 1 aromatic carbocycles. The molecular formula is C17H16N2O2S. The molecule has 22 heavy (non-hydrogen) atoms. The minimum atomic E-state index is -0.0192. The van der Waals surface area contributed by atoms with Crippen molar-refractivity contribution in [2.45, 2.75) is 13.8 Å². The SMILES string of the molecule is Cc1noc(C)c1-c1ccc(C(=O)N(C)c2ccccc2)s1. The van der Waals surface area contributed by atoms with E-state index in [0.29, 0.717) is 4.88 Å². The monoisotopic (exact) mass is 312 g/mol. The number of thiophene rings is 1. The number of rotatable bonds is 3. The topological polar surface area (TPSA) is 46.3 Å². The third-order valence-corrected chi connectivity index (χ3v) is 4.64. The standard InChI is InChI=1S/C17H16N2O2S/c1-11-16(12(2)21-18-11)14-9-10-15(22-14)17(20)19(3)13-7-5-4-6-8-13/h4-10H,1-3H3. The summed E-state index contributed by atoms with van der Waals surface area (Å²) in [7, 11) is 1.78. The van der Waals surface area contributed by atoms with E-state index in [9.17, 15) is 4.79 Å². The van der Waals surface area contributed by atoms with Crippen molar-refractivity contribution in [3.63, 3.8) is 0 Å². The van der Waals surface area contributed by atoms with Gasteiger partial charge in [-0.2, -0.15) is 0 Å². The summed E-state index contributed by atoms with van der Waals surface area (Å²) < 4.78 is 5.20. The van der Waals surface area contributed by atoms with Crippen molar-refractivity contribution in [1.82, 2.24) is 5.16 Å². The Bertz CT molecular complexity index is 786. The molecule has 0 saturated carbocycles. The lowest BCUT2D eigenvalue weighted by Crippen LogP contribution is -2.25. The molecule has 0 unspecified atom stereocenters. The van der Waals surface area contributed by atoms with Gasteiger partial charge in [0.15, 0.2) is 0 Å². The highest BCUT2D eigenvalue weighted by atomic mass is 32.1. The third kappa shape index (κ3) is 2.55. The molecule has 0 N–H and O–H groups in total. The lowest BCUT2D eigenvalue weighted by atomic mass is 10.2. The summed E-state index contributed by atoms with van der Waals surface area (Å²) in [6, 6.07) is 13.4. The van der Waals surface area contributed by atoms with Crippen LogP contribution >= 0.6 is 11.3 Å². The number of para-hydroxylation sites is 1. The van der Waals surface area contributed by atoms with Crippen molar-refractivity contribution in [3.8, 4) is 10.4 Å². The lowest BCUT2D eigenvalue weighted by Gasteiger charge is -2.15. The van der Waals surface area contributed by atoms with Crippen molar-refractivity contribution in [2.24, 2.45) is 0 Å². The van der Waals surface area contributed by atoms with Gasteiger partial charge in [0.1, 0.15) is 5.76 Å². The molecule has 4 nitrogen and oxygen atoms in total. The fourth-order valence-corrected chi connectivity index (χ4v) is 3.48. The van der Waals surface area contributed by atoms with E-state index in [2.05, 4.69) is 5.16 Å². The maximum atomic E-state index is 12.6. The molecule has 0 bridgehead atoms. The summed E-state index contributed by atoms with van der Waals surface area (Å²) in [5.74, 6) is 0.754. The van der Waals surface area contributed by atoms with Crippen LogP contribution in [-0.4, -0.2) is 18.1 Å². The molecule has 112 valence electrons. The number of hydrogen-bond acceptors (Lipinski definition) is 4. The Morgan fingerprint density at radius 3 is 2.50 bits per heavy atom. The number of benzene rings is 1. The molecule has 2 aromatic heterocycles. The minimum Gasteiger partial charge on any atom is -0.361 e. The van der Waals surface area contributed by atoms with Gasteiger partial charge in [-0.25, -0.2) is 0 Å². The van der Waals surface area contributed by atoms with E-state index in [-0.39, 0.29) is 5.91 Å². The van der Waals surface area contributed by atoms with Crippen LogP contribution in [0.4, 0.5) is 5.69 Å². The highest BCUT2D eigenvalue weighted by Crippen LogP contribution is 2.33. The molecule has 0 aliphatic rings. The molecule has 5 heteroatoms. The number of anilines is 1. The smallest absolute Gasteiger partial charge is 0.268 e. The number of carbonyl (C=O) groups excluding carboxylic acids is 1. The zero-order valence-electron chi connectivity index (χ0n) is 12.7.